The molecule has 1 aliphatic rings. The molecular weight excluding hydrogens is 426 g/mol. The van der Waals surface area contributed by atoms with Crippen molar-refractivity contribution in [1.29, 1.82) is 0 Å². The summed E-state index contributed by atoms with van der Waals surface area (Å²) in [6, 6.07) is 23.0. The molecule has 4 rings (SSSR count). The maximum absolute atomic E-state index is 13.0. The number of hydrogen-bond donors (Lipinski definition) is 1. The highest BCUT2D eigenvalue weighted by molar-refractivity contribution is 7.89. The first-order valence-electron chi connectivity index (χ1n) is 10.6. The van der Waals surface area contributed by atoms with Crippen molar-refractivity contribution in [2.24, 2.45) is 0 Å². The highest BCUT2D eigenvalue weighted by atomic mass is 32.2. The van der Waals surface area contributed by atoms with Gasteiger partial charge in [-0.1, -0.05) is 67.1 Å². The first kappa shape index (κ1) is 22.0. The Morgan fingerprint density at radius 1 is 0.844 bits per heavy atom. The molecule has 0 bridgehead atoms. The molecule has 1 fully saturated rings. The van der Waals surface area contributed by atoms with Crippen LogP contribution in [0.25, 0.3) is 0 Å². The predicted octanol–water partition coefficient (Wildman–Crippen LogP) is 4.97. The molecule has 0 unspecified atom stereocenters. The molecule has 32 heavy (non-hydrogen) atoms. The topological polar surface area (TPSA) is 92.5 Å². The van der Waals surface area contributed by atoms with Gasteiger partial charge in [0.15, 0.2) is 0 Å². The van der Waals surface area contributed by atoms with E-state index < -0.39 is 14.9 Å². The van der Waals surface area contributed by atoms with Gasteiger partial charge in [-0.25, -0.2) is 8.42 Å². The van der Waals surface area contributed by atoms with Gasteiger partial charge in [-0.2, -0.15) is 4.31 Å². The molecule has 1 aliphatic heterocycles. The van der Waals surface area contributed by atoms with Crippen molar-refractivity contribution in [3.05, 3.63) is 100 Å². The van der Waals surface area contributed by atoms with Gasteiger partial charge in [0.05, 0.1) is 15.9 Å². The lowest BCUT2D eigenvalue weighted by Gasteiger charge is -2.26. The number of hydrogen-bond acceptors (Lipinski definition) is 5. The number of nitrogens with zero attached hydrogens (tertiary/aromatic N) is 2. The van der Waals surface area contributed by atoms with Gasteiger partial charge < -0.3 is 5.32 Å². The standard InChI is InChI=1S/C24H25N3O4S/c28-27(29)23-18-21(32(30,31)26-16-8-3-9-17-26)14-15-22(23)25-24(19-10-4-1-5-11-19)20-12-6-2-7-13-20/h1-2,4-7,10-15,18,24-25H,3,8-9,16-17H2. The first-order chi connectivity index (χ1) is 15.5. The second-order valence-corrected chi connectivity index (χ2v) is 9.74. The minimum absolute atomic E-state index is 0.0485. The van der Waals surface area contributed by atoms with Gasteiger partial charge in [-0.15, -0.1) is 0 Å². The van der Waals surface area contributed by atoms with Crippen LogP contribution in [-0.2, 0) is 10.0 Å². The number of piperidine rings is 1. The van der Waals surface area contributed by atoms with E-state index in [1.165, 1.54) is 22.5 Å². The molecule has 0 radical (unpaired) electrons. The zero-order valence-electron chi connectivity index (χ0n) is 17.6. The summed E-state index contributed by atoms with van der Waals surface area (Å²) in [5, 5.41) is 15.2. The number of benzene rings is 3. The minimum atomic E-state index is -3.77. The van der Waals surface area contributed by atoms with E-state index in [1.54, 1.807) is 0 Å². The van der Waals surface area contributed by atoms with Crippen LogP contribution in [0.4, 0.5) is 11.4 Å². The van der Waals surface area contributed by atoms with Crippen LogP contribution in [0.1, 0.15) is 36.4 Å². The average Bonchev–Trinajstić information content (AvgIpc) is 2.84. The fourth-order valence-corrected chi connectivity index (χ4v) is 5.54. The molecule has 0 saturated carbocycles. The van der Waals surface area contributed by atoms with Gasteiger partial charge in [-0.05, 0) is 36.1 Å². The van der Waals surface area contributed by atoms with Gasteiger partial charge in [0.1, 0.15) is 5.69 Å². The van der Waals surface area contributed by atoms with Crippen LogP contribution in [0.15, 0.2) is 83.8 Å². The van der Waals surface area contributed by atoms with Crippen LogP contribution in [-0.4, -0.2) is 30.7 Å². The van der Waals surface area contributed by atoms with Crippen molar-refractivity contribution in [2.45, 2.75) is 30.2 Å². The minimum Gasteiger partial charge on any atom is -0.369 e. The lowest BCUT2D eigenvalue weighted by atomic mass is 9.98. The quantitative estimate of drug-likeness (QED) is 0.404. The zero-order chi connectivity index (χ0) is 22.6. The molecule has 0 atom stereocenters. The lowest BCUT2D eigenvalue weighted by Crippen LogP contribution is -2.35. The van der Waals surface area contributed by atoms with Crippen molar-refractivity contribution in [1.82, 2.24) is 4.31 Å². The Morgan fingerprint density at radius 3 is 1.94 bits per heavy atom. The molecule has 0 amide bonds. The smallest absolute Gasteiger partial charge is 0.293 e. The Kier molecular flexibility index (Phi) is 6.53. The average molecular weight is 452 g/mol. The van der Waals surface area contributed by atoms with E-state index in [-0.39, 0.29) is 22.3 Å². The molecular formula is C24H25N3O4S. The summed E-state index contributed by atoms with van der Waals surface area (Å²) in [6.45, 7) is 0.889. The number of anilines is 1. The summed E-state index contributed by atoms with van der Waals surface area (Å²) in [5.41, 5.74) is 1.89. The molecule has 3 aromatic carbocycles. The van der Waals surface area contributed by atoms with Crippen LogP contribution < -0.4 is 5.32 Å². The first-order valence-corrected chi connectivity index (χ1v) is 12.1. The number of sulfonamides is 1. The maximum atomic E-state index is 13.0. The van der Waals surface area contributed by atoms with Crippen molar-refractivity contribution in [3.63, 3.8) is 0 Å². The molecule has 0 spiro atoms. The summed E-state index contributed by atoms with van der Waals surface area (Å²) in [7, 11) is -3.77. The van der Waals surface area contributed by atoms with Crippen molar-refractivity contribution in [2.75, 3.05) is 18.4 Å². The normalized spacial score (nSPS) is 14.9. The molecule has 0 aromatic heterocycles. The second kappa shape index (κ2) is 9.50. The molecule has 1 saturated heterocycles. The molecule has 1 heterocycles. The summed E-state index contributed by atoms with van der Waals surface area (Å²) in [5.74, 6) is 0. The monoisotopic (exact) mass is 451 g/mol. The third-order valence-electron chi connectivity index (χ3n) is 5.68. The van der Waals surface area contributed by atoms with E-state index in [2.05, 4.69) is 5.32 Å². The molecule has 7 nitrogen and oxygen atoms in total. The number of nitro benzene ring substituents is 1. The fraction of sp³-hybridized carbons (Fsp3) is 0.250. The Hall–Kier alpha value is -3.23. The van der Waals surface area contributed by atoms with E-state index in [9.17, 15) is 18.5 Å². The Labute approximate surface area is 187 Å². The van der Waals surface area contributed by atoms with E-state index in [0.717, 1.165) is 30.4 Å². The Balaban J connectivity index is 1.72. The van der Waals surface area contributed by atoms with Crippen LogP contribution >= 0.6 is 0 Å². The van der Waals surface area contributed by atoms with Crippen molar-refractivity contribution in [3.8, 4) is 0 Å². The second-order valence-electron chi connectivity index (χ2n) is 7.80. The fourth-order valence-electron chi connectivity index (χ4n) is 4.00. The third kappa shape index (κ3) is 4.66. The molecule has 8 heteroatoms. The number of nitro groups is 1. The summed E-state index contributed by atoms with van der Waals surface area (Å²) in [6.07, 6.45) is 2.60. The number of nitrogens with one attached hydrogen (secondary N) is 1. The van der Waals surface area contributed by atoms with Gasteiger partial charge >= 0.3 is 0 Å². The van der Waals surface area contributed by atoms with Gasteiger partial charge in [0.2, 0.25) is 10.0 Å². The van der Waals surface area contributed by atoms with Crippen LogP contribution in [0, 0.1) is 10.1 Å². The summed E-state index contributed by atoms with van der Waals surface area (Å²) in [4.78, 5) is 11.3. The highest BCUT2D eigenvalue weighted by Crippen LogP contribution is 2.34. The van der Waals surface area contributed by atoms with E-state index >= 15 is 0 Å². The van der Waals surface area contributed by atoms with E-state index in [0.29, 0.717) is 13.1 Å². The van der Waals surface area contributed by atoms with Crippen molar-refractivity contribution < 1.29 is 13.3 Å². The largest absolute Gasteiger partial charge is 0.369 e. The molecule has 0 aliphatic carbocycles. The van der Waals surface area contributed by atoms with Crippen LogP contribution in [0.2, 0.25) is 0 Å². The Morgan fingerprint density at radius 2 is 1.41 bits per heavy atom. The summed E-state index contributed by atoms with van der Waals surface area (Å²) >= 11 is 0. The molecule has 3 aromatic rings. The van der Waals surface area contributed by atoms with Crippen LogP contribution in [0.3, 0.4) is 0 Å². The van der Waals surface area contributed by atoms with E-state index in [4.69, 9.17) is 0 Å². The lowest BCUT2D eigenvalue weighted by molar-refractivity contribution is -0.384. The predicted molar refractivity (Wildman–Crippen MR) is 124 cm³/mol. The van der Waals surface area contributed by atoms with Gasteiger partial charge in [-0.3, -0.25) is 10.1 Å². The SMILES string of the molecule is O=[N+]([O-])c1cc(S(=O)(=O)N2CCCCC2)ccc1NC(c1ccccc1)c1ccccc1. The maximum Gasteiger partial charge on any atom is 0.293 e. The van der Waals surface area contributed by atoms with Gasteiger partial charge in [0, 0.05) is 19.2 Å². The third-order valence-corrected chi connectivity index (χ3v) is 7.58. The molecule has 166 valence electrons. The number of rotatable bonds is 7. The van der Waals surface area contributed by atoms with Crippen molar-refractivity contribution >= 4 is 21.4 Å². The summed E-state index contributed by atoms with van der Waals surface area (Å²) < 4.78 is 27.5. The highest BCUT2D eigenvalue weighted by Gasteiger charge is 2.29. The van der Waals surface area contributed by atoms with Gasteiger partial charge in [0.25, 0.3) is 5.69 Å². The zero-order valence-corrected chi connectivity index (χ0v) is 18.4. The van der Waals surface area contributed by atoms with Crippen LogP contribution in [0.5, 0.6) is 0 Å². The Bertz CT molecular complexity index is 1140. The van der Waals surface area contributed by atoms with E-state index in [1.807, 2.05) is 60.7 Å². The molecule has 1 N–H and O–H groups in total.